The summed E-state index contributed by atoms with van der Waals surface area (Å²) in [4.78, 5) is 90.4. The van der Waals surface area contributed by atoms with Crippen molar-refractivity contribution in [3.8, 4) is 0 Å². The van der Waals surface area contributed by atoms with Gasteiger partial charge in [0.1, 0.15) is 24.3 Å². The predicted octanol–water partition coefficient (Wildman–Crippen LogP) is -3.56. The molecule has 12 N–H and O–H groups in total. The van der Waals surface area contributed by atoms with Gasteiger partial charge in [0.15, 0.2) is 11.5 Å². The molecule has 2 aromatic heterocycles. The maximum atomic E-state index is 12.9. The van der Waals surface area contributed by atoms with Gasteiger partial charge in [-0.15, -0.1) is 0 Å². The van der Waals surface area contributed by atoms with Crippen molar-refractivity contribution in [3.63, 3.8) is 0 Å². The molecule has 25 heteroatoms. The zero-order valence-corrected chi connectivity index (χ0v) is 20.1. The molecule has 35 heavy (non-hydrogen) atoms. The van der Waals surface area contributed by atoms with E-state index in [-0.39, 0.29) is 4.57 Å². The largest absolute Gasteiger partial charge is 0.471 e. The van der Waals surface area contributed by atoms with Crippen LogP contribution in [-0.2, 0) is 33.0 Å². The fraction of sp³-hybridized carbons (Fsp3) is 0.500. The number of aliphatic hydroxyl groups excluding tert-OH is 1. The van der Waals surface area contributed by atoms with Crippen molar-refractivity contribution in [2.24, 2.45) is 0 Å². The van der Waals surface area contributed by atoms with Gasteiger partial charge in [-0.2, -0.15) is 0 Å². The number of ether oxygens (including phenoxy) is 1. The SMILES string of the molecule is Nc1ncnc2c1ncn2[C@]1(P(=O)(O)O)O[C@H](CO)[C@](O)(P(=O)(O)O)[C@]1(OP(=O)(O)O)P(=O)(O)O. The van der Waals surface area contributed by atoms with Crippen LogP contribution in [0, 0.1) is 0 Å². The lowest BCUT2D eigenvalue weighted by Crippen LogP contribution is -2.64. The molecule has 3 heterocycles. The third kappa shape index (κ3) is 3.69. The van der Waals surface area contributed by atoms with Crippen molar-refractivity contribution in [1.29, 1.82) is 0 Å². The lowest BCUT2D eigenvalue weighted by molar-refractivity contribution is -0.117. The second-order valence-electron chi connectivity index (χ2n) is 7.03. The monoisotopic (exact) mass is 587 g/mol. The Morgan fingerprint density at radius 3 is 1.97 bits per heavy atom. The van der Waals surface area contributed by atoms with Crippen LogP contribution in [0.1, 0.15) is 0 Å². The van der Waals surface area contributed by atoms with E-state index in [0.717, 1.165) is 0 Å². The zero-order valence-electron chi connectivity index (χ0n) is 16.5. The first-order valence-electron chi connectivity index (χ1n) is 8.50. The fourth-order valence-corrected chi connectivity index (χ4v) is 10.5. The number of phosphoric ester groups is 1. The van der Waals surface area contributed by atoms with Gasteiger partial charge in [-0.3, -0.25) is 22.8 Å². The first kappa shape index (κ1) is 28.4. The van der Waals surface area contributed by atoms with Crippen molar-refractivity contribution in [2.75, 3.05) is 12.3 Å². The quantitative estimate of drug-likeness (QED) is 0.140. The summed E-state index contributed by atoms with van der Waals surface area (Å²) < 4.78 is 58.9. The number of aromatic nitrogens is 4. The van der Waals surface area contributed by atoms with Crippen molar-refractivity contribution >= 4 is 47.6 Å². The molecule has 1 aliphatic heterocycles. The molecule has 1 aliphatic rings. The number of nitrogens with zero attached hydrogens (tertiary/aromatic N) is 4. The topological polar surface area (TPSA) is 359 Å². The molecule has 3 rings (SSSR count). The predicted molar refractivity (Wildman–Crippen MR) is 107 cm³/mol. The minimum absolute atomic E-state index is 0.105. The molecule has 198 valence electrons. The number of nitrogen functional groups attached to an aromatic ring is 1. The summed E-state index contributed by atoms with van der Waals surface area (Å²) in [5, 5.41) is 11.0. The maximum absolute atomic E-state index is 12.9. The molecule has 0 unspecified atom stereocenters. The van der Waals surface area contributed by atoms with Gasteiger partial charge in [-0.25, -0.2) is 19.5 Å². The number of rotatable bonds is 7. The fourth-order valence-electron chi connectivity index (χ4n) is 3.83. The van der Waals surface area contributed by atoms with E-state index in [1.165, 1.54) is 0 Å². The summed E-state index contributed by atoms with van der Waals surface area (Å²) in [6, 6.07) is 0. The smallest absolute Gasteiger partial charge is 0.394 e. The Hall–Kier alpha value is -1.21. The molecule has 4 atom stereocenters. The van der Waals surface area contributed by atoms with Crippen LogP contribution in [0.5, 0.6) is 0 Å². The van der Waals surface area contributed by atoms with Crippen LogP contribution in [0.4, 0.5) is 5.82 Å². The molecule has 0 bridgehead atoms. The molecular weight excluding hydrogens is 570 g/mol. The summed E-state index contributed by atoms with van der Waals surface area (Å²) >= 11 is 0. The highest BCUT2D eigenvalue weighted by Crippen LogP contribution is 2.85. The number of nitrogens with two attached hydrogens (primary N) is 1. The second-order valence-corrected chi connectivity index (χ2v) is 13.4. The third-order valence-corrected chi connectivity index (χ3v) is 10.5. The van der Waals surface area contributed by atoms with E-state index < -0.39 is 76.5 Å². The molecular formula is C10H17N5O16P4. The summed E-state index contributed by atoms with van der Waals surface area (Å²) in [6.45, 7) is -1.83. The van der Waals surface area contributed by atoms with Gasteiger partial charge in [0, 0.05) is 0 Å². The first-order chi connectivity index (χ1) is 15.6. The summed E-state index contributed by atoms with van der Waals surface area (Å²) in [5.74, 6) is -0.505. The number of phosphoric acid groups is 1. The Morgan fingerprint density at radius 2 is 1.54 bits per heavy atom. The Kier molecular flexibility index (Phi) is 6.60. The number of aliphatic hydroxyl groups is 2. The zero-order chi connectivity index (χ0) is 27.0. The molecule has 21 nitrogen and oxygen atoms in total. The minimum Gasteiger partial charge on any atom is -0.394 e. The van der Waals surface area contributed by atoms with Gasteiger partial charge >= 0.3 is 30.6 Å². The maximum Gasteiger partial charge on any atom is 0.471 e. The van der Waals surface area contributed by atoms with Crippen LogP contribution < -0.4 is 5.73 Å². The van der Waals surface area contributed by atoms with Gasteiger partial charge in [0.2, 0.25) is 5.34 Å². The van der Waals surface area contributed by atoms with Gasteiger partial charge in [0.05, 0.1) is 6.61 Å². The molecule has 0 radical (unpaired) electrons. The van der Waals surface area contributed by atoms with Crippen LogP contribution in [0.2, 0.25) is 0 Å². The molecule has 0 spiro atoms. The van der Waals surface area contributed by atoms with Crippen LogP contribution in [0.15, 0.2) is 12.7 Å². The highest BCUT2D eigenvalue weighted by molar-refractivity contribution is 7.61. The number of imidazole rings is 1. The van der Waals surface area contributed by atoms with Crippen LogP contribution >= 0.6 is 30.6 Å². The van der Waals surface area contributed by atoms with Crippen molar-refractivity contribution in [3.05, 3.63) is 12.7 Å². The molecule has 0 amide bonds. The van der Waals surface area contributed by atoms with Crippen molar-refractivity contribution in [2.45, 2.75) is 22.3 Å². The summed E-state index contributed by atoms with van der Waals surface area (Å²) in [6.07, 6.45) is -2.13. The van der Waals surface area contributed by atoms with Crippen LogP contribution in [0.25, 0.3) is 11.2 Å². The molecule has 0 aromatic carbocycles. The normalized spacial score (nSPS) is 30.7. The summed E-state index contributed by atoms with van der Waals surface area (Å²) in [5.41, 5.74) is -0.317. The van der Waals surface area contributed by atoms with E-state index >= 15 is 0 Å². The molecule has 2 aromatic rings. The number of hydrogen-bond acceptors (Lipinski definition) is 12. The average molecular weight is 587 g/mol. The molecule has 1 saturated heterocycles. The second kappa shape index (κ2) is 8.14. The van der Waals surface area contributed by atoms with Gasteiger partial charge in [-0.05, 0) is 0 Å². The van der Waals surface area contributed by atoms with E-state index in [0.29, 0.717) is 12.7 Å². The van der Waals surface area contributed by atoms with E-state index in [9.17, 15) is 67.6 Å². The number of hydrogen-bond donors (Lipinski definition) is 11. The third-order valence-electron chi connectivity index (χ3n) is 5.05. The molecule has 1 fully saturated rings. The van der Waals surface area contributed by atoms with Gasteiger partial charge in [-0.1, -0.05) is 0 Å². The Morgan fingerprint density at radius 1 is 0.971 bits per heavy atom. The van der Waals surface area contributed by atoms with Crippen molar-refractivity contribution in [1.82, 2.24) is 19.5 Å². The van der Waals surface area contributed by atoms with E-state index in [1.807, 2.05) is 0 Å². The van der Waals surface area contributed by atoms with Crippen LogP contribution in [-0.4, -0.2) is 92.3 Å². The minimum atomic E-state index is -6.97. The van der Waals surface area contributed by atoms with E-state index in [4.69, 9.17) is 10.5 Å². The number of fused-ring (bicyclic) bond motifs is 1. The molecule has 0 aliphatic carbocycles. The standard InChI is InChI=1S/C10H17N5O16P4/c11-6-5-7(13-2-12-6)15(3-14-5)10(34(24,25)26)9(33(21,22)23,31-35(27,28)29)8(17,32(18,19)20)4(1-16)30-10/h2-4,16-17H,1H2,(H2,11,12,13)(H2,18,19,20)(H2,21,22,23)(H2,24,25,26)(H2,27,28,29)/t4-,8+,9+,10+/m1/s1. The van der Waals surface area contributed by atoms with Crippen molar-refractivity contribution < 1.29 is 76.9 Å². The summed E-state index contributed by atoms with van der Waals surface area (Å²) in [7, 11) is -26.7. The Labute approximate surface area is 191 Å². The van der Waals surface area contributed by atoms with Gasteiger partial charge in [0.25, 0.3) is 10.8 Å². The highest BCUT2D eigenvalue weighted by Gasteiger charge is 2.93. The Balaban J connectivity index is 2.74. The lowest BCUT2D eigenvalue weighted by atomic mass is 10.1. The average Bonchev–Trinajstić information content (AvgIpc) is 3.18. The lowest BCUT2D eigenvalue weighted by Gasteiger charge is -2.47. The number of anilines is 1. The van der Waals surface area contributed by atoms with Crippen LogP contribution in [0.3, 0.4) is 0 Å². The first-order valence-corrected chi connectivity index (χ1v) is 14.9. The highest BCUT2D eigenvalue weighted by atomic mass is 31.2. The van der Waals surface area contributed by atoms with Gasteiger partial charge < -0.3 is 59.8 Å². The van der Waals surface area contributed by atoms with E-state index in [1.54, 1.807) is 0 Å². The van der Waals surface area contributed by atoms with E-state index in [2.05, 4.69) is 19.5 Å². The Bertz CT molecular complexity index is 1360. The molecule has 0 saturated carbocycles.